The Morgan fingerprint density at radius 1 is 1.47 bits per heavy atom. The van der Waals surface area contributed by atoms with Gasteiger partial charge in [-0.05, 0) is 26.2 Å². The molecule has 17 heavy (non-hydrogen) atoms. The first-order valence-electron chi connectivity index (χ1n) is 6.38. The Balaban J connectivity index is 2.24. The summed E-state index contributed by atoms with van der Waals surface area (Å²) in [6, 6.07) is -0.0556. The van der Waals surface area contributed by atoms with Gasteiger partial charge in [0, 0.05) is 13.7 Å². The number of rotatable bonds is 5. The molecule has 3 N–H and O–H groups in total. The fourth-order valence-electron chi connectivity index (χ4n) is 2.16. The van der Waals surface area contributed by atoms with Gasteiger partial charge in [-0.1, -0.05) is 12.8 Å². The molecule has 0 aromatic heterocycles. The average Bonchev–Trinajstić information content (AvgIpc) is 2.29. The summed E-state index contributed by atoms with van der Waals surface area (Å²) in [6.07, 6.45) is 4.62. The summed E-state index contributed by atoms with van der Waals surface area (Å²) in [5.74, 6) is 0. The first-order valence-corrected chi connectivity index (χ1v) is 6.38. The van der Waals surface area contributed by atoms with Gasteiger partial charge in [0.05, 0.1) is 18.2 Å². The Bertz CT molecular complexity index is 234. The lowest BCUT2D eigenvalue weighted by Crippen LogP contribution is -2.49. The number of carbonyl (C=O) groups is 1. The average molecular weight is 244 g/mol. The molecule has 1 fully saturated rings. The summed E-state index contributed by atoms with van der Waals surface area (Å²) in [5.41, 5.74) is 0. The number of aliphatic hydroxyl groups excluding tert-OH is 1. The van der Waals surface area contributed by atoms with E-state index >= 15 is 0 Å². The zero-order valence-corrected chi connectivity index (χ0v) is 10.7. The lowest BCUT2D eigenvalue weighted by molar-refractivity contribution is 0.0451. The topological polar surface area (TPSA) is 70.6 Å². The second kappa shape index (κ2) is 7.50. The van der Waals surface area contributed by atoms with Crippen molar-refractivity contribution in [3.63, 3.8) is 0 Å². The maximum Gasteiger partial charge on any atom is 0.315 e. The predicted molar refractivity (Wildman–Crippen MR) is 65.9 cm³/mol. The smallest absolute Gasteiger partial charge is 0.315 e. The second-order valence-corrected chi connectivity index (χ2v) is 4.70. The summed E-state index contributed by atoms with van der Waals surface area (Å²) in [6.45, 7) is 2.20. The first-order chi connectivity index (χ1) is 8.13. The molecular formula is C12H24N2O3. The van der Waals surface area contributed by atoms with Crippen LogP contribution in [-0.4, -0.2) is 43.0 Å². The number of urea groups is 1. The van der Waals surface area contributed by atoms with Gasteiger partial charge < -0.3 is 20.5 Å². The molecule has 2 amide bonds. The molecule has 3 unspecified atom stereocenters. The Morgan fingerprint density at radius 2 is 2.18 bits per heavy atom. The summed E-state index contributed by atoms with van der Waals surface area (Å²) >= 11 is 0. The van der Waals surface area contributed by atoms with E-state index in [2.05, 4.69) is 10.6 Å². The summed E-state index contributed by atoms with van der Waals surface area (Å²) in [7, 11) is 1.69. The molecule has 0 spiro atoms. The number of amides is 2. The second-order valence-electron chi connectivity index (χ2n) is 4.70. The van der Waals surface area contributed by atoms with Crippen molar-refractivity contribution in [1.82, 2.24) is 10.6 Å². The number of nitrogens with one attached hydrogen (secondary N) is 2. The van der Waals surface area contributed by atoms with Crippen LogP contribution in [0.1, 0.15) is 39.0 Å². The standard InChI is InChI=1S/C12H24N2O3/c1-9(15)7-8-13-12(16)14-10-5-3-4-6-11(10)17-2/h9-11,15H,3-8H2,1-2H3,(H2,13,14,16). The van der Waals surface area contributed by atoms with Crippen LogP contribution in [0.5, 0.6) is 0 Å². The number of aliphatic hydroxyl groups is 1. The van der Waals surface area contributed by atoms with Crippen molar-refractivity contribution < 1.29 is 14.6 Å². The highest BCUT2D eigenvalue weighted by atomic mass is 16.5. The van der Waals surface area contributed by atoms with E-state index in [1.54, 1.807) is 14.0 Å². The molecule has 0 aromatic carbocycles. The number of methoxy groups -OCH3 is 1. The van der Waals surface area contributed by atoms with E-state index in [1.807, 2.05) is 0 Å². The molecule has 0 radical (unpaired) electrons. The Hall–Kier alpha value is -0.810. The first kappa shape index (κ1) is 14.3. The molecule has 5 heteroatoms. The van der Waals surface area contributed by atoms with Crippen LogP contribution in [0.2, 0.25) is 0 Å². The third-order valence-electron chi connectivity index (χ3n) is 3.17. The molecule has 0 aliphatic heterocycles. The minimum atomic E-state index is -0.378. The van der Waals surface area contributed by atoms with Crippen molar-refractivity contribution >= 4 is 6.03 Å². The van der Waals surface area contributed by atoms with E-state index < -0.39 is 0 Å². The Labute approximate surface area is 103 Å². The normalized spacial score (nSPS) is 26.3. The molecule has 0 heterocycles. The highest BCUT2D eigenvalue weighted by Crippen LogP contribution is 2.20. The quantitative estimate of drug-likeness (QED) is 0.676. The molecule has 1 aliphatic carbocycles. The van der Waals surface area contributed by atoms with Crippen LogP contribution in [0.3, 0.4) is 0 Å². The molecule has 1 rings (SSSR count). The van der Waals surface area contributed by atoms with E-state index in [9.17, 15) is 4.79 Å². The van der Waals surface area contributed by atoms with E-state index in [0.717, 1.165) is 19.3 Å². The maximum absolute atomic E-state index is 11.6. The Kier molecular flexibility index (Phi) is 6.29. The van der Waals surface area contributed by atoms with Crippen molar-refractivity contribution in [3.05, 3.63) is 0 Å². The highest BCUT2D eigenvalue weighted by molar-refractivity contribution is 5.74. The SMILES string of the molecule is COC1CCCCC1NC(=O)NCCC(C)O. The fraction of sp³-hybridized carbons (Fsp3) is 0.917. The molecule has 1 aliphatic rings. The van der Waals surface area contributed by atoms with Crippen LogP contribution < -0.4 is 10.6 Å². The van der Waals surface area contributed by atoms with Crippen LogP contribution in [0.4, 0.5) is 4.79 Å². The van der Waals surface area contributed by atoms with Gasteiger partial charge >= 0.3 is 6.03 Å². The summed E-state index contributed by atoms with van der Waals surface area (Å²) < 4.78 is 5.36. The van der Waals surface area contributed by atoms with Crippen LogP contribution in [0.15, 0.2) is 0 Å². The molecule has 0 aromatic rings. The third kappa shape index (κ3) is 5.37. The number of hydrogen-bond donors (Lipinski definition) is 3. The molecule has 0 saturated heterocycles. The minimum absolute atomic E-state index is 0.111. The molecule has 1 saturated carbocycles. The number of hydrogen-bond acceptors (Lipinski definition) is 3. The number of carbonyl (C=O) groups excluding carboxylic acids is 1. The van der Waals surface area contributed by atoms with Gasteiger partial charge in [-0.3, -0.25) is 0 Å². The molecule has 3 atom stereocenters. The van der Waals surface area contributed by atoms with Gasteiger partial charge in [-0.2, -0.15) is 0 Å². The lowest BCUT2D eigenvalue weighted by Gasteiger charge is -2.31. The van der Waals surface area contributed by atoms with E-state index in [1.165, 1.54) is 6.42 Å². The van der Waals surface area contributed by atoms with Crippen LogP contribution in [0.25, 0.3) is 0 Å². The van der Waals surface area contributed by atoms with Gasteiger partial charge in [0.25, 0.3) is 0 Å². The van der Waals surface area contributed by atoms with E-state index in [-0.39, 0.29) is 24.3 Å². The summed E-state index contributed by atoms with van der Waals surface area (Å²) in [4.78, 5) is 11.6. The molecule has 5 nitrogen and oxygen atoms in total. The molecule has 0 bridgehead atoms. The van der Waals surface area contributed by atoms with Crippen molar-refractivity contribution in [1.29, 1.82) is 0 Å². The van der Waals surface area contributed by atoms with Crippen molar-refractivity contribution in [2.45, 2.75) is 57.3 Å². The van der Waals surface area contributed by atoms with Gasteiger partial charge in [-0.15, -0.1) is 0 Å². The van der Waals surface area contributed by atoms with Crippen LogP contribution in [0, 0.1) is 0 Å². The largest absolute Gasteiger partial charge is 0.393 e. The minimum Gasteiger partial charge on any atom is -0.393 e. The zero-order valence-electron chi connectivity index (χ0n) is 10.7. The Morgan fingerprint density at radius 3 is 2.82 bits per heavy atom. The lowest BCUT2D eigenvalue weighted by atomic mass is 9.92. The monoisotopic (exact) mass is 244 g/mol. The summed E-state index contributed by atoms with van der Waals surface area (Å²) in [5, 5.41) is 14.8. The fourth-order valence-corrected chi connectivity index (χ4v) is 2.16. The van der Waals surface area contributed by atoms with Crippen molar-refractivity contribution in [3.8, 4) is 0 Å². The van der Waals surface area contributed by atoms with Gasteiger partial charge in [0.15, 0.2) is 0 Å². The highest BCUT2D eigenvalue weighted by Gasteiger charge is 2.25. The van der Waals surface area contributed by atoms with Gasteiger partial charge in [-0.25, -0.2) is 4.79 Å². The van der Waals surface area contributed by atoms with Gasteiger partial charge in [0.2, 0.25) is 0 Å². The zero-order chi connectivity index (χ0) is 12.7. The van der Waals surface area contributed by atoms with Crippen LogP contribution >= 0.6 is 0 Å². The van der Waals surface area contributed by atoms with Crippen molar-refractivity contribution in [2.75, 3.05) is 13.7 Å². The van der Waals surface area contributed by atoms with E-state index in [0.29, 0.717) is 13.0 Å². The third-order valence-corrected chi connectivity index (χ3v) is 3.17. The molecule has 100 valence electrons. The number of ether oxygens (including phenoxy) is 1. The van der Waals surface area contributed by atoms with E-state index in [4.69, 9.17) is 9.84 Å². The predicted octanol–water partition coefficient (Wildman–Crippen LogP) is 1.01. The van der Waals surface area contributed by atoms with Crippen LogP contribution in [-0.2, 0) is 4.74 Å². The maximum atomic E-state index is 11.6. The van der Waals surface area contributed by atoms with Gasteiger partial charge in [0.1, 0.15) is 0 Å². The van der Waals surface area contributed by atoms with Crippen molar-refractivity contribution in [2.24, 2.45) is 0 Å². The molecular weight excluding hydrogens is 220 g/mol.